The van der Waals surface area contributed by atoms with Crippen molar-refractivity contribution < 1.29 is 14.0 Å². The molecule has 2 heterocycles. The minimum Gasteiger partial charge on any atom is -0.269 e. The molecular formula is C24H23FN2O2. The second-order valence-corrected chi connectivity index (χ2v) is 7.78. The van der Waals surface area contributed by atoms with Crippen molar-refractivity contribution in [3.8, 4) is 0 Å². The topological polar surface area (TPSA) is 50.3 Å². The van der Waals surface area contributed by atoms with Crippen molar-refractivity contribution in [1.82, 2.24) is 9.88 Å². The zero-order valence-corrected chi connectivity index (χ0v) is 16.8. The maximum Gasteiger partial charge on any atom is 0.262 e. The first-order valence-electron chi connectivity index (χ1n) is 9.96. The summed E-state index contributed by atoms with van der Waals surface area (Å²) in [7, 11) is 0. The van der Waals surface area contributed by atoms with Crippen LogP contribution in [0.15, 0.2) is 48.5 Å². The number of nitrogens with zero attached hydrogens (tertiary/aromatic N) is 2. The molecule has 1 aromatic heterocycles. The van der Waals surface area contributed by atoms with Gasteiger partial charge in [0.15, 0.2) is 0 Å². The monoisotopic (exact) mass is 390 g/mol. The highest BCUT2D eigenvalue weighted by molar-refractivity contribution is 6.21. The predicted molar refractivity (Wildman–Crippen MR) is 110 cm³/mol. The molecule has 0 saturated carbocycles. The van der Waals surface area contributed by atoms with E-state index >= 15 is 0 Å². The fourth-order valence-electron chi connectivity index (χ4n) is 3.89. The Morgan fingerprint density at radius 1 is 1.00 bits per heavy atom. The van der Waals surface area contributed by atoms with Gasteiger partial charge < -0.3 is 0 Å². The number of aromatic nitrogens is 1. The molecule has 5 heteroatoms. The number of benzene rings is 2. The molecule has 0 aliphatic carbocycles. The van der Waals surface area contributed by atoms with Crippen molar-refractivity contribution in [1.29, 1.82) is 0 Å². The lowest BCUT2D eigenvalue weighted by Gasteiger charge is -2.26. The molecule has 0 radical (unpaired) electrons. The van der Waals surface area contributed by atoms with E-state index in [1.54, 1.807) is 30.3 Å². The number of pyridine rings is 1. The number of amides is 2. The van der Waals surface area contributed by atoms with Gasteiger partial charge in [-0.2, -0.15) is 0 Å². The lowest BCUT2D eigenvalue weighted by molar-refractivity contribution is 0.0594. The highest BCUT2D eigenvalue weighted by Crippen LogP contribution is 2.34. The second-order valence-electron chi connectivity index (χ2n) is 7.78. The Morgan fingerprint density at radius 3 is 2.28 bits per heavy atom. The number of imide groups is 1. The van der Waals surface area contributed by atoms with Gasteiger partial charge in [0.05, 0.1) is 22.7 Å². The maximum atomic E-state index is 13.7. The lowest BCUT2D eigenvalue weighted by Crippen LogP contribution is -2.33. The first-order valence-corrected chi connectivity index (χ1v) is 9.96. The molecule has 0 fully saturated rings. The van der Waals surface area contributed by atoms with Crippen LogP contribution in [0.5, 0.6) is 0 Å². The molecule has 0 unspecified atom stereocenters. The van der Waals surface area contributed by atoms with Crippen molar-refractivity contribution in [3.63, 3.8) is 0 Å². The van der Waals surface area contributed by atoms with Gasteiger partial charge in [-0.15, -0.1) is 0 Å². The molecule has 1 aliphatic rings. The van der Waals surface area contributed by atoms with Gasteiger partial charge in [-0.3, -0.25) is 19.5 Å². The summed E-state index contributed by atoms with van der Waals surface area (Å²) < 4.78 is 13.7. The Kier molecular flexibility index (Phi) is 4.91. The molecule has 1 aliphatic heterocycles. The number of halogens is 1. The van der Waals surface area contributed by atoms with Crippen LogP contribution in [0.1, 0.15) is 65.2 Å². The van der Waals surface area contributed by atoms with Crippen LogP contribution >= 0.6 is 0 Å². The lowest BCUT2D eigenvalue weighted by atomic mass is 9.94. The van der Waals surface area contributed by atoms with Crippen LogP contribution in [0.2, 0.25) is 0 Å². The maximum absolute atomic E-state index is 13.7. The van der Waals surface area contributed by atoms with Gasteiger partial charge in [0.25, 0.3) is 11.8 Å². The second kappa shape index (κ2) is 7.39. The smallest absolute Gasteiger partial charge is 0.262 e. The Morgan fingerprint density at radius 2 is 1.66 bits per heavy atom. The summed E-state index contributed by atoms with van der Waals surface area (Å²) in [5.41, 5.74) is 3.09. The summed E-state index contributed by atoms with van der Waals surface area (Å²) >= 11 is 0. The molecule has 4 nitrogen and oxygen atoms in total. The minimum atomic E-state index is -0.469. The van der Waals surface area contributed by atoms with Crippen LogP contribution in [0.4, 0.5) is 4.39 Å². The fraction of sp³-hybridized carbons (Fsp3) is 0.292. The zero-order chi connectivity index (χ0) is 20.7. The SMILES string of the molecule is CC[C@H](C)Cc1nc2cc(F)ccc2cc1[C@H](C)N1C(=O)c2ccccc2C1=O. The zero-order valence-electron chi connectivity index (χ0n) is 16.8. The summed E-state index contributed by atoms with van der Waals surface area (Å²) in [5.74, 6) is -0.527. The van der Waals surface area contributed by atoms with E-state index in [0.29, 0.717) is 29.0 Å². The average molecular weight is 390 g/mol. The number of fused-ring (bicyclic) bond motifs is 2. The van der Waals surface area contributed by atoms with Crippen molar-refractivity contribution in [2.24, 2.45) is 5.92 Å². The van der Waals surface area contributed by atoms with Crippen LogP contribution in [0.3, 0.4) is 0 Å². The molecule has 148 valence electrons. The third kappa shape index (κ3) is 3.31. The van der Waals surface area contributed by atoms with Crippen LogP contribution in [0.25, 0.3) is 10.9 Å². The summed E-state index contributed by atoms with van der Waals surface area (Å²) in [5, 5.41) is 0.790. The molecule has 0 spiro atoms. The summed E-state index contributed by atoms with van der Waals surface area (Å²) in [4.78, 5) is 32.0. The van der Waals surface area contributed by atoms with E-state index in [-0.39, 0.29) is 17.6 Å². The molecule has 29 heavy (non-hydrogen) atoms. The standard InChI is InChI=1S/C24H23FN2O2/c1-4-14(2)11-22-20(12-16-9-10-17(25)13-21(16)26-22)15(3)27-23(28)18-7-5-6-8-19(18)24(27)29/h5-10,12-15H,4,11H2,1-3H3/t14-,15-/m0/s1. The normalized spacial score (nSPS) is 15.7. The van der Waals surface area contributed by atoms with Crippen LogP contribution in [0, 0.1) is 11.7 Å². The first kappa shape index (κ1) is 19.2. The van der Waals surface area contributed by atoms with E-state index in [4.69, 9.17) is 4.98 Å². The van der Waals surface area contributed by atoms with Crippen molar-refractivity contribution in [2.75, 3.05) is 0 Å². The number of hydrogen-bond donors (Lipinski definition) is 0. The number of rotatable bonds is 5. The Balaban J connectivity index is 1.81. The Labute approximate surface area is 169 Å². The van der Waals surface area contributed by atoms with Crippen LogP contribution in [-0.4, -0.2) is 21.7 Å². The van der Waals surface area contributed by atoms with E-state index in [9.17, 15) is 14.0 Å². The van der Waals surface area contributed by atoms with E-state index in [0.717, 1.165) is 23.1 Å². The fourth-order valence-corrected chi connectivity index (χ4v) is 3.89. The van der Waals surface area contributed by atoms with Gasteiger partial charge >= 0.3 is 0 Å². The third-order valence-corrected chi connectivity index (χ3v) is 5.79. The van der Waals surface area contributed by atoms with Gasteiger partial charge in [-0.25, -0.2) is 4.39 Å². The summed E-state index contributed by atoms with van der Waals surface area (Å²) in [6, 6.07) is 12.9. The number of carbonyl (C=O) groups excluding carboxylic acids is 2. The van der Waals surface area contributed by atoms with Gasteiger partial charge in [-0.1, -0.05) is 32.4 Å². The molecule has 2 aromatic carbocycles. The molecular weight excluding hydrogens is 367 g/mol. The Hall–Kier alpha value is -3.08. The third-order valence-electron chi connectivity index (χ3n) is 5.79. The van der Waals surface area contributed by atoms with Crippen LogP contribution in [-0.2, 0) is 6.42 Å². The first-order chi connectivity index (χ1) is 13.9. The predicted octanol–water partition coefficient (Wildman–Crippen LogP) is 5.32. The average Bonchev–Trinajstić information content (AvgIpc) is 2.97. The molecule has 2 amide bonds. The van der Waals surface area contributed by atoms with Crippen molar-refractivity contribution in [2.45, 2.75) is 39.7 Å². The molecule has 2 atom stereocenters. The molecule has 3 aromatic rings. The molecule has 0 N–H and O–H groups in total. The summed E-state index contributed by atoms with van der Waals surface area (Å²) in [6.07, 6.45) is 1.68. The molecule has 0 bridgehead atoms. The van der Waals surface area contributed by atoms with E-state index < -0.39 is 6.04 Å². The summed E-state index contributed by atoms with van der Waals surface area (Å²) in [6.45, 7) is 6.10. The van der Waals surface area contributed by atoms with E-state index in [1.165, 1.54) is 17.0 Å². The van der Waals surface area contributed by atoms with Gasteiger partial charge in [0.1, 0.15) is 5.82 Å². The molecule has 4 rings (SSSR count). The minimum absolute atomic E-state index is 0.285. The number of carbonyl (C=O) groups is 2. The highest BCUT2D eigenvalue weighted by Gasteiger charge is 2.39. The highest BCUT2D eigenvalue weighted by atomic mass is 19.1. The van der Waals surface area contributed by atoms with Crippen molar-refractivity contribution in [3.05, 3.63) is 76.7 Å². The van der Waals surface area contributed by atoms with Gasteiger partial charge in [-0.05, 0) is 55.2 Å². The quantitative estimate of drug-likeness (QED) is 0.554. The van der Waals surface area contributed by atoms with Gasteiger partial charge in [0, 0.05) is 17.1 Å². The molecule has 0 saturated heterocycles. The van der Waals surface area contributed by atoms with Gasteiger partial charge in [0.2, 0.25) is 0 Å². The Bertz CT molecular complexity index is 1090. The number of hydrogen-bond acceptors (Lipinski definition) is 3. The van der Waals surface area contributed by atoms with Crippen LogP contribution < -0.4 is 0 Å². The van der Waals surface area contributed by atoms with E-state index in [1.807, 2.05) is 13.0 Å². The van der Waals surface area contributed by atoms with Crippen molar-refractivity contribution >= 4 is 22.7 Å². The van der Waals surface area contributed by atoms with E-state index in [2.05, 4.69) is 13.8 Å². The largest absolute Gasteiger partial charge is 0.269 e.